The second-order valence-electron chi connectivity index (χ2n) is 4.93. The molecule has 1 unspecified atom stereocenters. The average Bonchev–Trinajstić information content (AvgIpc) is 2.45. The molecule has 0 fully saturated rings. The molecule has 1 aromatic rings. The molecule has 20 heavy (non-hydrogen) atoms. The topological polar surface area (TPSA) is 55.4 Å². The number of carbonyl (C=O) groups is 2. The van der Waals surface area contributed by atoms with Gasteiger partial charge in [0.05, 0.1) is 5.88 Å². The molecule has 0 aromatic heterocycles. The molecule has 0 bridgehead atoms. The van der Waals surface area contributed by atoms with Crippen LogP contribution in [0.3, 0.4) is 0 Å². The van der Waals surface area contributed by atoms with Crippen LogP contribution in [0.25, 0.3) is 0 Å². The summed E-state index contributed by atoms with van der Waals surface area (Å²) in [5.41, 5.74) is 0.917. The Balaban J connectivity index is 2.44. The average molecular weight is 298 g/mol. The van der Waals surface area contributed by atoms with E-state index in [1.54, 1.807) is 0 Å². The van der Waals surface area contributed by atoms with E-state index in [1.807, 2.05) is 44.2 Å². The molecule has 0 saturated carbocycles. The number of rotatable bonds is 7. The number of hydrogen-bond acceptors (Lipinski definition) is 3. The van der Waals surface area contributed by atoms with Crippen LogP contribution in [0.1, 0.15) is 25.8 Å². The fraction of sp³-hybridized carbons (Fsp3) is 0.467. The maximum Gasteiger partial charge on any atom is 0.407 e. The standard InChI is InChI=1S/C15H20ClNO3/c1-11(2)14(8-13(18)9-16)17-15(19)20-10-12-6-4-3-5-7-12/h3-7,11,14H,8-10H2,1-2H3,(H,17,19). The molecule has 0 radical (unpaired) electrons. The number of carbonyl (C=O) groups excluding carboxylic acids is 2. The third kappa shape index (κ3) is 6.06. The largest absolute Gasteiger partial charge is 0.445 e. The Hall–Kier alpha value is -1.55. The molecule has 0 spiro atoms. The number of alkyl halides is 1. The van der Waals surface area contributed by atoms with Crippen LogP contribution in [0.4, 0.5) is 4.79 Å². The molecule has 0 heterocycles. The lowest BCUT2D eigenvalue weighted by molar-refractivity contribution is -0.117. The van der Waals surface area contributed by atoms with Gasteiger partial charge in [0.15, 0.2) is 0 Å². The van der Waals surface area contributed by atoms with Gasteiger partial charge < -0.3 is 10.1 Å². The summed E-state index contributed by atoms with van der Waals surface area (Å²) in [4.78, 5) is 23.1. The minimum atomic E-state index is -0.519. The van der Waals surface area contributed by atoms with E-state index in [2.05, 4.69) is 5.32 Å². The lowest BCUT2D eigenvalue weighted by atomic mass is 9.99. The number of benzene rings is 1. The first-order chi connectivity index (χ1) is 9.52. The fourth-order valence-corrected chi connectivity index (χ4v) is 1.78. The minimum absolute atomic E-state index is 0.0377. The summed E-state index contributed by atoms with van der Waals surface area (Å²) in [5.74, 6) is 0.00409. The van der Waals surface area contributed by atoms with Crippen LogP contribution in [0, 0.1) is 5.92 Å². The van der Waals surface area contributed by atoms with Crippen LogP contribution >= 0.6 is 11.6 Å². The lowest BCUT2D eigenvalue weighted by Crippen LogP contribution is -2.40. The summed E-state index contributed by atoms with van der Waals surface area (Å²) in [6.07, 6.45) is -0.295. The summed E-state index contributed by atoms with van der Waals surface area (Å²) in [6, 6.07) is 9.16. The van der Waals surface area contributed by atoms with E-state index in [4.69, 9.17) is 16.3 Å². The smallest absolute Gasteiger partial charge is 0.407 e. The molecule has 5 heteroatoms. The van der Waals surface area contributed by atoms with Gasteiger partial charge in [-0.3, -0.25) is 4.79 Å². The molecule has 1 aromatic carbocycles. The van der Waals surface area contributed by atoms with Gasteiger partial charge in [-0.15, -0.1) is 11.6 Å². The number of ether oxygens (including phenoxy) is 1. The molecule has 0 aliphatic carbocycles. The van der Waals surface area contributed by atoms with Gasteiger partial charge in [-0.25, -0.2) is 4.79 Å². The summed E-state index contributed by atoms with van der Waals surface area (Å²) < 4.78 is 5.13. The lowest BCUT2D eigenvalue weighted by Gasteiger charge is -2.21. The Morgan fingerprint density at radius 2 is 1.90 bits per heavy atom. The zero-order valence-corrected chi connectivity index (χ0v) is 12.5. The summed E-state index contributed by atoms with van der Waals surface area (Å²) >= 11 is 5.49. The van der Waals surface area contributed by atoms with E-state index < -0.39 is 6.09 Å². The predicted molar refractivity (Wildman–Crippen MR) is 78.7 cm³/mol. The zero-order valence-electron chi connectivity index (χ0n) is 11.8. The van der Waals surface area contributed by atoms with Gasteiger partial charge in [-0.05, 0) is 11.5 Å². The highest BCUT2D eigenvalue weighted by Gasteiger charge is 2.19. The molecule has 1 atom stereocenters. The van der Waals surface area contributed by atoms with E-state index in [1.165, 1.54) is 0 Å². The number of ketones is 1. The highest BCUT2D eigenvalue weighted by atomic mass is 35.5. The van der Waals surface area contributed by atoms with Crippen molar-refractivity contribution in [2.45, 2.75) is 32.9 Å². The van der Waals surface area contributed by atoms with Crippen LogP contribution in [-0.4, -0.2) is 23.8 Å². The molecule has 0 saturated heterocycles. The molecule has 1 amide bonds. The van der Waals surface area contributed by atoms with Crippen LogP contribution in [0.5, 0.6) is 0 Å². The summed E-state index contributed by atoms with van der Waals surface area (Å²) in [7, 11) is 0. The molecule has 0 aliphatic rings. The van der Waals surface area contributed by atoms with Crippen molar-refractivity contribution >= 4 is 23.5 Å². The first-order valence-electron chi connectivity index (χ1n) is 6.57. The normalized spacial score (nSPS) is 12.0. The maximum absolute atomic E-state index is 11.7. The highest BCUT2D eigenvalue weighted by Crippen LogP contribution is 2.08. The fourth-order valence-electron chi connectivity index (χ4n) is 1.67. The summed E-state index contributed by atoms with van der Waals surface area (Å²) in [5, 5.41) is 2.71. The Bertz CT molecular complexity index is 434. The van der Waals surface area contributed by atoms with E-state index in [0.29, 0.717) is 0 Å². The molecular formula is C15H20ClNO3. The number of alkyl carbamates (subject to hydrolysis) is 1. The molecule has 110 valence electrons. The summed E-state index contributed by atoms with van der Waals surface area (Å²) in [6.45, 7) is 4.08. The third-order valence-corrected chi connectivity index (χ3v) is 3.22. The van der Waals surface area contributed by atoms with Gasteiger partial charge in [0.1, 0.15) is 12.4 Å². The second kappa shape index (κ2) is 8.59. The Morgan fingerprint density at radius 1 is 1.25 bits per heavy atom. The maximum atomic E-state index is 11.7. The van der Waals surface area contributed by atoms with Crippen molar-refractivity contribution in [3.8, 4) is 0 Å². The van der Waals surface area contributed by atoms with Gasteiger partial charge in [0.2, 0.25) is 0 Å². The zero-order chi connectivity index (χ0) is 15.0. The number of Topliss-reactive ketones (excluding diaryl/α,β-unsaturated/α-hetero) is 1. The van der Waals surface area contributed by atoms with E-state index in [0.717, 1.165) is 5.56 Å². The van der Waals surface area contributed by atoms with Crippen LogP contribution < -0.4 is 5.32 Å². The van der Waals surface area contributed by atoms with Gasteiger partial charge >= 0.3 is 6.09 Å². The van der Waals surface area contributed by atoms with Gasteiger partial charge in [-0.1, -0.05) is 44.2 Å². The van der Waals surface area contributed by atoms with Crippen molar-refractivity contribution in [1.29, 1.82) is 0 Å². The minimum Gasteiger partial charge on any atom is -0.445 e. The number of halogens is 1. The SMILES string of the molecule is CC(C)C(CC(=O)CCl)NC(=O)OCc1ccccc1. The Kier molecular flexibility index (Phi) is 7.09. The predicted octanol–water partition coefficient (Wildman–Crippen LogP) is 3.14. The first kappa shape index (κ1) is 16.5. The number of nitrogens with one attached hydrogen (secondary N) is 1. The molecule has 1 rings (SSSR count). The van der Waals surface area contributed by atoms with Crippen molar-refractivity contribution < 1.29 is 14.3 Å². The van der Waals surface area contributed by atoms with E-state index in [9.17, 15) is 9.59 Å². The monoisotopic (exact) mass is 297 g/mol. The van der Waals surface area contributed by atoms with Crippen molar-refractivity contribution in [1.82, 2.24) is 5.32 Å². The van der Waals surface area contributed by atoms with Crippen LogP contribution in [0.15, 0.2) is 30.3 Å². The number of amides is 1. The van der Waals surface area contributed by atoms with E-state index >= 15 is 0 Å². The molecular weight excluding hydrogens is 278 g/mol. The quantitative estimate of drug-likeness (QED) is 0.787. The van der Waals surface area contributed by atoms with Gasteiger partial charge in [0, 0.05) is 12.5 Å². The Morgan fingerprint density at radius 3 is 2.45 bits per heavy atom. The van der Waals surface area contributed by atoms with Gasteiger partial charge in [-0.2, -0.15) is 0 Å². The third-order valence-electron chi connectivity index (χ3n) is 2.92. The van der Waals surface area contributed by atoms with Gasteiger partial charge in [0.25, 0.3) is 0 Å². The highest BCUT2D eigenvalue weighted by molar-refractivity contribution is 6.27. The van der Waals surface area contributed by atoms with Crippen molar-refractivity contribution in [2.24, 2.45) is 5.92 Å². The van der Waals surface area contributed by atoms with Crippen LogP contribution in [-0.2, 0) is 16.1 Å². The van der Waals surface area contributed by atoms with Crippen molar-refractivity contribution in [3.63, 3.8) is 0 Å². The van der Waals surface area contributed by atoms with E-state index in [-0.39, 0.29) is 36.7 Å². The molecule has 4 nitrogen and oxygen atoms in total. The van der Waals surface area contributed by atoms with Crippen LogP contribution in [0.2, 0.25) is 0 Å². The molecule has 0 aliphatic heterocycles. The number of hydrogen-bond donors (Lipinski definition) is 1. The molecule has 1 N–H and O–H groups in total. The first-order valence-corrected chi connectivity index (χ1v) is 7.11. The Labute approximate surface area is 124 Å². The van der Waals surface area contributed by atoms with Crippen molar-refractivity contribution in [2.75, 3.05) is 5.88 Å². The second-order valence-corrected chi connectivity index (χ2v) is 5.20. The van der Waals surface area contributed by atoms with Crippen molar-refractivity contribution in [3.05, 3.63) is 35.9 Å².